The Hall–Kier alpha value is -0.0151. The van der Waals surface area contributed by atoms with E-state index >= 15 is 0 Å². The Morgan fingerprint density at radius 2 is 1.67 bits per heavy atom. The van der Waals surface area contributed by atoms with Crippen LogP contribution in [0, 0.1) is 5.92 Å². The van der Waals surface area contributed by atoms with Crippen molar-refractivity contribution in [3.8, 4) is 0 Å². The first kappa shape index (κ1) is 11.5. The highest BCUT2D eigenvalue weighted by Crippen LogP contribution is 2.54. The molecule has 1 aliphatic carbocycles. The summed E-state index contributed by atoms with van der Waals surface area (Å²) in [7, 11) is 0.0477. The highest BCUT2D eigenvalue weighted by atomic mass is 16.7. The predicted molar refractivity (Wildman–Crippen MR) is 62.8 cm³/mol. The molecule has 0 unspecified atom stereocenters. The summed E-state index contributed by atoms with van der Waals surface area (Å²) in [6.45, 7) is 10.8. The van der Waals surface area contributed by atoms with Crippen LogP contribution in [0.1, 0.15) is 53.9 Å². The van der Waals surface area contributed by atoms with Crippen molar-refractivity contribution in [2.45, 2.75) is 70.9 Å². The third-order valence-corrected chi connectivity index (χ3v) is 4.26. The van der Waals surface area contributed by atoms with Gasteiger partial charge >= 0.3 is 7.12 Å². The summed E-state index contributed by atoms with van der Waals surface area (Å²) in [5.41, 5.74) is -0.311. The van der Waals surface area contributed by atoms with Gasteiger partial charge in [-0.25, -0.2) is 0 Å². The number of hydrogen-bond acceptors (Lipinski definition) is 2. The average Bonchev–Trinajstić information content (AvgIpc) is 2.77. The van der Waals surface area contributed by atoms with Crippen molar-refractivity contribution < 1.29 is 9.31 Å². The molecule has 0 aromatic heterocycles. The maximum Gasteiger partial charge on any atom is 0.461 e. The predicted octanol–water partition coefficient (Wildman–Crippen LogP) is 3.27. The van der Waals surface area contributed by atoms with E-state index in [1.165, 1.54) is 19.3 Å². The average molecular weight is 210 g/mol. The van der Waals surface area contributed by atoms with Crippen molar-refractivity contribution in [1.29, 1.82) is 0 Å². The van der Waals surface area contributed by atoms with Crippen LogP contribution in [0.5, 0.6) is 0 Å². The molecule has 0 aromatic carbocycles. The van der Waals surface area contributed by atoms with Gasteiger partial charge in [-0.05, 0) is 45.9 Å². The molecule has 1 saturated carbocycles. The van der Waals surface area contributed by atoms with E-state index in [0.29, 0.717) is 5.82 Å². The second-order valence-electron chi connectivity index (χ2n) is 6.07. The summed E-state index contributed by atoms with van der Waals surface area (Å²) >= 11 is 0. The van der Waals surface area contributed by atoms with Crippen molar-refractivity contribution in [2.24, 2.45) is 5.92 Å². The van der Waals surface area contributed by atoms with Crippen LogP contribution in [0.15, 0.2) is 0 Å². The summed E-state index contributed by atoms with van der Waals surface area (Å²) in [6.07, 6.45) is 3.90. The van der Waals surface area contributed by atoms with Crippen LogP contribution >= 0.6 is 0 Å². The fraction of sp³-hybridized carbons (Fsp3) is 1.00. The fourth-order valence-corrected chi connectivity index (χ4v) is 2.37. The second-order valence-corrected chi connectivity index (χ2v) is 6.07. The minimum absolute atomic E-state index is 0.0477. The Morgan fingerprint density at radius 1 is 1.13 bits per heavy atom. The molecular weight excluding hydrogens is 187 g/mol. The zero-order valence-corrected chi connectivity index (χ0v) is 10.7. The molecule has 1 saturated heterocycles. The van der Waals surface area contributed by atoms with E-state index in [1.54, 1.807) is 0 Å². The molecule has 0 spiro atoms. The molecule has 0 aromatic rings. The van der Waals surface area contributed by atoms with E-state index in [-0.39, 0.29) is 18.3 Å². The van der Waals surface area contributed by atoms with Crippen LogP contribution in [0.2, 0.25) is 5.82 Å². The molecule has 0 amide bonds. The van der Waals surface area contributed by atoms with E-state index < -0.39 is 0 Å². The third kappa shape index (κ3) is 1.96. The van der Waals surface area contributed by atoms with Gasteiger partial charge in [0.2, 0.25) is 0 Å². The number of rotatable bonds is 3. The zero-order chi connectivity index (χ0) is 11.3. The highest BCUT2D eigenvalue weighted by molar-refractivity contribution is 6.48. The van der Waals surface area contributed by atoms with E-state index in [9.17, 15) is 0 Å². The molecule has 2 aliphatic rings. The molecule has 1 heterocycles. The summed E-state index contributed by atoms with van der Waals surface area (Å²) in [5.74, 6) is 1.51. The van der Waals surface area contributed by atoms with Crippen LogP contribution in [0.3, 0.4) is 0 Å². The summed E-state index contributed by atoms with van der Waals surface area (Å²) in [5, 5.41) is 0. The highest BCUT2D eigenvalue weighted by Gasteiger charge is 2.59. The van der Waals surface area contributed by atoms with Gasteiger partial charge < -0.3 is 9.31 Å². The van der Waals surface area contributed by atoms with E-state index in [2.05, 4.69) is 34.6 Å². The molecule has 2 nitrogen and oxygen atoms in total. The lowest BCUT2D eigenvalue weighted by molar-refractivity contribution is 0.00578. The molecule has 0 radical (unpaired) electrons. The quantitative estimate of drug-likeness (QED) is 0.665. The fourth-order valence-electron chi connectivity index (χ4n) is 2.37. The second kappa shape index (κ2) is 3.49. The minimum atomic E-state index is -0.156. The Balaban J connectivity index is 1.94. The van der Waals surface area contributed by atoms with Gasteiger partial charge in [0.1, 0.15) is 0 Å². The van der Waals surface area contributed by atoms with Crippen LogP contribution in [-0.4, -0.2) is 18.3 Å². The van der Waals surface area contributed by atoms with Crippen molar-refractivity contribution >= 4 is 7.12 Å². The lowest BCUT2D eigenvalue weighted by Crippen LogP contribution is -2.41. The first-order valence-corrected chi connectivity index (χ1v) is 6.23. The summed E-state index contributed by atoms with van der Waals surface area (Å²) in [6, 6.07) is 0. The Labute approximate surface area is 93.9 Å². The molecule has 15 heavy (non-hydrogen) atoms. The topological polar surface area (TPSA) is 18.5 Å². The van der Waals surface area contributed by atoms with E-state index in [4.69, 9.17) is 9.31 Å². The normalized spacial score (nSPS) is 37.0. The maximum atomic E-state index is 6.04. The summed E-state index contributed by atoms with van der Waals surface area (Å²) in [4.78, 5) is 0. The smallest absolute Gasteiger partial charge is 0.403 e. The standard InChI is InChI=1S/C12H23BO2/c1-6-7-9-8-10(9)13-14-11(2,3)12(4,5)15-13/h9-10H,6-8H2,1-5H3/t9-,10-/m0/s1. The van der Waals surface area contributed by atoms with Gasteiger partial charge in [0.05, 0.1) is 11.2 Å². The summed E-state index contributed by atoms with van der Waals surface area (Å²) < 4.78 is 12.1. The van der Waals surface area contributed by atoms with Gasteiger partial charge in [-0.2, -0.15) is 0 Å². The van der Waals surface area contributed by atoms with Crippen molar-refractivity contribution in [3.63, 3.8) is 0 Å². The zero-order valence-electron chi connectivity index (χ0n) is 10.7. The lowest BCUT2D eigenvalue weighted by atomic mass is 9.80. The van der Waals surface area contributed by atoms with Gasteiger partial charge in [-0.1, -0.05) is 19.8 Å². The Kier molecular flexibility index (Phi) is 2.67. The molecule has 2 fully saturated rings. The van der Waals surface area contributed by atoms with E-state index in [0.717, 1.165) is 5.92 Å². The molecular formula is C12H23BO2. The van der Waals surface area contributed by atoms with Crippen molar-refractivity contribution in [2.75, 3.05) is 0 Å². The van der Waals surface area contributed by atoms with Gasteiger partial charge in [0.15, 0.2) is 0 Å². The van der Waals surface area contributed by atoms with Crippen molar-refractivity contribution in [3.05, 3.63) is 0 Å². The SMILES string of the molecule is CCC[C@H]1C[C@@H]1B1OC(C)(C)C(C)(C)O1. The van der Waals surface area contributed by atoms with Gasteiger partial charge in [0.25, 0.3) is 0 Å². The minimum Gasteiger partial charge on any atom is -0.403 e. The monoisotopic (exact) mass is 210 g/mol. The maximum absolute atomic E-state index is 6.04. The third-order valence-electron chi connectivity index (χ3n) is 4.26. The van der Waals surface area contributed by atoms with Crippen LogP contribution in [0.25, 0.3) is 0 Å². The largest absolute Gasteiger partial charge is 0.461 e. The Bertz CT molecular complexity index is 234. The van der Waals surface area contributed by atoms with Crippen LogP contribution in [-0.2, 0) is 9.31 Å². The molecule has 0 N–H and O–H groups in total. The molecule has 2 rings (SSSR count). The lowest BCUT2D eigenvalue weighted by Gasteiger charge is -2.32. The molecule has 1 aliphatic heterocycles. The first-order chi connectivity index (χ1) is 6.87. The van der Waals surface area contributed by atoms with Gasteiger partial charge in [-0.3, -0.25) is 0 Å². The number of hydrogen-bond donors (Lipinski definition) is 0. The van der Waals surface area contributed by atoms with Gasteiger partial charge in [0, 0.05) is 0 Å². The van der Waals surface area contributed by atoms with Gasteiger partial charge in [-0.15, -0.1) is 0 Å². The molecule has 0 bridgehead atoms. The van der Waals surface area contributed by atoms with Crippen molar-refractivity contribution in [1.82, 2.24) is 0 Å². The molecule has 86 valence electrons. The Morgan fingerprint density at radius 3 is 2.13 bits per heavy atom. The van der Waals surface area contributed by atoms with Crippen LogP contribution in [0.4, 0.5) is 0 Å². The first-order valence-electron chi connectivity index (χ1n) is 6.23. The molecule has 2 atom stereocenters. The van der Waals surface area contributed by atoms with E-state index in [1.807, 2.05) is 0 Å². The molecule has 3 heteroatoms. The van der Waals surface area contributed by atoms with Crippen LogP contribution < -0.4 is 0 Å².